The molecule has 6 heteroatoms. The first-order valence-electron chi connectivity index (χ1n) is 11.8. The topological polar surface area (TPSA) is 49.4 Å². The SMILES string of the molecule is CC[C@@H](C)NC(=O)[C@H](CC)N(Cc1c(Cl)cccc1Cl)C(=O)CCc1ccc(C(C)C)cc1. The Balaban J connectivity index is 2.26. The van der Waals surface area contributed by atoms with Crippen molar-refractivity contribution in [1.82, 2.24) is 10.2 Å². The van der Waals surface area contributed by atoms with Crippen LogP contribution in [0.5, 0.6) is 0 Å². The molecule has 2 aromatic carbocycles. The van der Waals surface area contributed by atoms with Gasteiger partial charge in [-0.25, -0.2) is 0 Å². The monoisotopic (exact) mass is 490 g/mol. The van der Waals surface area contributed by atoms with Crippen LogP contribution in [0.15, 0.2) is 42.5 Å². The molecule has 0 saturated heterocycles. The molecule has 0 unspecified atom stereocenters. The summed E-state index contributed by atoms with van der Waals surface area (Å²) in [6.07, 6.45) is 2.22. The van der Waals surface area contributed by atoms with E-state index in [9.17, 15) is 9.59 Å². The summed E-state index contributed by atoms with van der Waals surface area (Å²) in [6, 6.07) is 13.1. The largest absolute Gasteiger partial charge is 0.352 e. The predicted molar refractivity (Wildman–Crippen MR) is 138 cm³/mol. The van der Waals surface area contributed by atoms with Crippen molar-refractivity contribution in [2.75, 3.05) is 0 Å². The summed E-state index contributed by atoms with van der Waals surface area (Å²) in [4.78, 5) is 28.1. The molecule has 0 heterocycles. The fourth-order valence-electron chi connectivity index (χ4n) is 3.68. The van der Waals surface area contributed by atoms with E-state index in [0.717, 1.165) is 12.0 Å². The van der Waals surface area contributed by atoms with E-state index in [1.54, 1.807) is 23.1 Å². The van der Waals surface area contributed by atoms with Gasteiger partial charge in [0.1, 0.15) is 6.04 Å². The Bertz CT molecular complexity index is 908. The van der Waals surface area contributed by atoms with E-state index in [0.29, 0.717) is 40.8 Å². The van der Waals surface area contributed by atoms with E-state index in [-0.39, 0.29) is 24.4 Å². The van der Waals surface area contributed by atoms with Gasteiger partial charge in [0.15, 0.2) is 0 Å². The molecule has 0 aliphatic rings. The van der Waals surface area contributed by atoms with Crippen LogP contribution in [0.4, 0.5) is 0 Å². The third kappa shape index (κ3) is 7.75. The quantitative estimate of drug-likeness (QED) is 0.377. The summed E-state index contributed by atoms with van der Waals surface area (Å²) >= 11 is 12.8. The summed E-state index contributed by atoms with van der Waals surface area (Å²) in [5, 5.41) is 4.00. The van der Waals surface area contributed by atoms with Gasteiger partial charge in [-0.1, -0.05) is 81.2 Å². The van der Waals surface area contributed by atoms with Crippen LogP contribution in [0.25, 0.3) is 0 Å². The van der Waals surface area contributed by atoms with Crippen LogP contribution >= 0.6 is 23.2 Å². The first kappa shape index (κ1) is 27.2. The summed E-state index contributed by atoms with van der Waals surface area (Å²) in [7, 11) is 0. The van der Waals surface area contributed by atoms with Crippen molar-refractivity contribution < 1.29 is 9.59 Å². The van der Waals surface area contributed by atoms with E-state index in [1.807, 2.05) is 20.8 Å². The van der Waals surface area contributed by atoms with Crippen LogP contribution in [-0.4, -0.2) is 28.8 Å². The number of carbonyl (C=O) groups excluding carboxylic acids is 2. The zero-order valence-corrected chi connectivity index (χ0v) is 21.8. The summed E-state index contributed by atoms with van der Waals surface area (Å²) < 4.78 is 0. The first-order valence-corrected chi connectivity index (χ1v) is 12.5. The molecule has 0 saturated carbocycles. The Hall–Kier alpha value is -2.04. The molecule has 1 N–H and O–H groups in total. The number of aryl methyl sites for hydroxylation is 1. The van der Waals surface area contributed by atoms with Crippen molar-refractivity contribution >= 4 is 35.0 Å². The third-order valence-electron chi connectivity index (χ3n) is 6.05. The second-order valence-electron chi connectivity index (χ2n) is 8.86. The summed E-state index contributed by atoms with van der Waals surface area (Å²) in [5.41, 5.74) is 3.03. The molecule has 0 aliphatic carbocycles. The lowest BCUT2D eigenvalue weighted by Crippen LogP contribution is -2.50. The zero-order chi connectivity index (χ0) is 24.5. The number of halogens is 2. The van der Waals surface area contributed by atoms with Crippen LogP contribution in [0, 0.1) is 0 Å². The molecule has 0 fully saturated rings. The van der Waals surface area contributed by atoms with Crippen molar-refractivity contribution in [3.63, 3.8) is 0 Å². The normalized spacial score (nSPS) is 13.0. The minimum atomic E-state index is -0.595. The van der Waals surface area contributed by atoms with Crippen LogP contribution in [0.2, 0.25) is 10.0 Å². The molecule has 0 aliphatic heterocycles. The number of rotatable bonds is 11. The standard InChI is InChI=1S/C27H36Cl2N2O2/c1-6-19(5)30-27(33)25(7-2)31(17-22-23(28)9-8-10-24(22)29)26(32)16-13-20-11-14-21(15-12-20)18(3)4/h8-12,14-15,18-19,25H,6-7,13,16-17H2,1-5H3,(H,30,33)/t19-,25+/m1/s1. The molecular formula is C27H36Cl2N2O2. The number of carbonyl (C=O) groups is 2. The highest BCUT2D eigenvalue weighted by atomic mass is 35.5. The van der Waals surface area contributed by atoms with Crippen molar-refractivity contribution in [1.29, 1.82) is 0 Å². The molecule has 2 atom stereocenters. The second kappa shape index (κ2) is 13.0. The second-order valence-corrected chi connectivity index (χ2v) is 9.67. The first-order chi connectivity index (χ1) is 15.7. The maximum atomic E-state index is 13.4. The van der Waals surface area contributed by atoms with Crippen molar-refractivity contribution in [2.24, 2.45) is 0 Å². The Labute approximate surface area is 208 Å². The summed E-state index contributed by atoms with van der Waals surface area (Å²) in [5.74, 6) is 0.223. The average molecular weight is 492 g/mol. The average Bonchev–Trinajstić information content (AvgIpc) is 2.79. The van der Waals surface area contributed by atoms with E-state index in [1.165, 1.54) is 5.56 Å². The molecule has 2 aromatic rings. The van der Waals surface area contributed by atoms with Gasteiger partial charge in [0.2, 0.25) is 11.8 Å². The third-order valence-corrected chi connectivity index (χ3v) is 6.76. The van der Waals surface area contributed by atoms with Crippen LogP contribution in [0.1, 0.15) is 76.5 Å². The maximum absolute atomic E-state index is 13.4. The van der Waals surface area contributed by atoms with Gasteiger partial charge in [-0.05, 0) is 55.4 Å². The fourth-order valence-corrected chi connectivity index (χ4v) is 4.20. The van der Waals surface area contributed by atoms with Gasteiger partial charge in [0.25, 0.3) is 0 Å². The molecule has 2 amide bonds. The van der Waals surface area contributed by atoms with Gasteiger partial charge in [0, 0.05) is 34.6 Å². The molecule has 0 aromatic heterocycles. The number of benzene rings is 2. The van der Waals surface area contributed by atoms with Gasteiger partial charge >= 0.3 is 0 Å². The van der Waals surface area contributed by atoms with Gasteiger partial charge in [-0.15, -0.1) is 0 Å². The Morgan fingerprint density at radius 3 is 2.06 bits per heavy atom. The number of hydrogen-bond acceptors (Lipinski definition) is 2. The minimum absolute atomic E-state index is 0.0341. The van der Waals surface area contributed by atoms with Gasteiger partial charge in [-0.2, -0.15) is 0 Å². The molecule has 0 bridgehead atoms. The Morgan fingerprint density at radius 1 is 0.939 bits per heavy atom. The number of hydrogen-bond donors (Lipinski definition) is 1. The molecule has 0 spiro atoms. The molecule has 2 rings (SSSR count). The minimum Gasteiger partial charge on any atom is -0.352 e. The van der Waals surface area contributed by atoms with Crippen LogP contribution < -0.4 is 5.32 Å². The van der Waals surface area contributed by atoms with E-state index < -0.39 is 6.04 Å². The van der Waals surface area contributed by atoms with Crippen molar-refractivity contribution in [3.8, 4) is 0 Å². The number of amides is 2. The summed E-state index contributed by atoms with van der Waals surface area (Å²) in [6.45, 7) is 10.4. The van der Waals surface area contributed by atoms with Crippen molar-refractivity contribution in [3.05, 3.63) is 69.2 Å². The maximum Gasteiger partial charge on any atom is 0.243 e. The molecule has 180 valence electrons. The lowest BCUT2D eigenvalue weighted by Gasteiger charge is -2.32. The molecule has 0 radical (unpaired) electrons. The lowest BCUT2D eigenvalue weighted by molar-refractivity contribution is -0.141. The molecule has 33 heavy (non-hydrogen) atoms. The highest BCUT2D eigenvalue weighted by molar-refractivity contribution is 6.36. The highest BCUT2D eigenvalue weighted by Gasteiger charge is 2.30. The van der Waals surface area contributed by atoms with E-state index in [4.69, 9.17) is 23.2 Å². The lowest BCUT2D eigenvalue weighted by atomic mass is 10.00. The van der Waals surface area contributed by atoms with Crippen LogP contribution in [-0.2, 0) is 22.6 Å². The number of nitrogens with one attached hydrogen (secondary N) is 1. The van der Waals surface area contributed by atoms with Crippen molar-refractivity contribution in [2.45, 2.75) is 84.8 Å². The number of nitrogens with zero attached hydrogens (tertiary/aromatic N) is 1. The molecule has 4 nitrogen and oxygen atoms in total. The molecular weight excluding hydrogens is 455 g/mol. The Kier molecular flexibility index (Phi) is 10.7. The Morgan fingerprint density at radius 2 is 1.55 bits per heavy atom. The van der Waals surface area contributed by atoms with Gasteiger partial charge < -0.3 is 10.2 Å². The zero-order valence-electron chi connectivity index (χ0n) is 20.3. The van der Waals surface area contributed by atoms with E-state index in [2.05, 4.69) is 43.4 Å². The van der Waals surface area contributed by atoms with Gasteiger partial charge in [-0.3, -0.25) is 9.59 Å². The fraction of sp³-hybridized carbons (Fsp3) is 0.481. The predicted octanol–water partition coefficient (Wildman–Crippen LogP) is 6.77. The smallest absolute Gasteiger partial charge is 0.243 e. The van der Waals surface area contributed by atoms with E-state index >= 15 is 0 Å². The van der Waals surface area contributed by atoms with Gasteiger partial charge in [0.05, 0.1) is 0 Å². The highest BCUT2D eigenvalue weighted by Crippen LogP contribution is 2.27. The van der Waals surface area contributed by atoms with Crippen LogP contribution in [0.3, 0.4) is 0 Å².